The van der Waals surface area contributed by atoms with Gasteiger partial charge in [0, 0.05) is 24.7 Å². The van der Waals surface area contributed by atoms with Crippen LogP contribution in [0.5, 0.6) is 0 Å². The molecule has 0 aliphatic carbocycles. The van der Waals surface area contributed by atoms with Crippen molar-refractivity contribution in [3.8, 4) is 0 Å². The van der Waals surface area contributed by atoms with E-state index in [0.29, 0.717) is 18.2 Å². The predicted octanol–water partition coefficient (Wildman–Crippen LogP) is 1.84. The van der Waals surface area contributed by atoms with Gasteiger partial charge in [0.2, 0.25) is 11.8 Å². The van der Waals surface area contributed by atoms with Gasteiger partial charge in [-0.2, -0.15) is 0 Å². The first-order valence-electron chi connectivity index (χ1n) is 7.82. The zero-order valence-corrected chi connectivity index (χ0v) is 14.0. The number of amides is 2. The number of carbonyl (C=O) groups is 2. The number of carbonyl (C=O) groups excluding carboxylic acids is 2. The Morgan fingerprint density at radius 2 is 1.96 bits per heavy atom. The molecule has 0 unspecified atom stereocenters. The molecule has 0 spiro atoms. The van der Waals surface area contributed by atoms with E-state index in [-0.39, 0.29) is 18.2 Å². The van der Waals surface area contributed by atoms with Gasteiger partial charge in [-0.3, -0.25) is 14.6 Å². The molecule has 0 radical (unpaired) electrons. The Kier molecular flexibility index (Phi) is 5.48. The molecule has 1 aliphatic heterocycles. The molecule has 2 heterocycles. The zero-order valence-electron chi connectivity index (χ0n) is 13.2. The zero-order chi connectivity index (χ0) is 16.8. The second-order valence-electron chi connectivity index (χ2n) is 5.62. The number of hydrogen-bond donors (Lipinski definition) is 1. The molecule has 2 aromatic rings. The van der Waals surface area contributed by atoms with Gasteiger partial charge < -0.3 is 10.2 Å². The topological polar surface area (TPSA) is 62.3 Å². The fourth-order valence-electron chi connectivity index (χ4n) is 2.59. The quantitative estimate of drug-likeness (QED) is 0.901. The van der Waals surface area contributed by atoms with Crippen molar-refractivity contribution in [3.05, 3.63) is 66.0 Å². The van der Waals surface area contributed by atoms with Crippen LogP contribution in [0.1, 0.15) is 11.1 Å². The fourth-order valence-corrected chi connectivity index (χ4v) is 3.77. The van der Waals surface area contributed by atoms with Crippen LogP contribution < -0.4 is 5.32 Å². The Balaban J connectivity index is 1.58. The summed E-state index contributed by atoms with van der Waals surface area (Å²) in [6.45, 7) is 0.478. The number of aromatic nitrogens is 1. The van der Waals surface area contributed by atoms with Crippen LogP contribution in [0.15, 0.2) is 54.9 Å². The number of rotatable bonds is 5. The monoisotopic (exact) mass is 341 g/mol. The lowest BCUT2D eigenvalue weighted by Gasteiger charge is -2.23. The van der Waals surface area contributed by atoms with Gasteiger partial charge in [0.05, 0.1) is 12.3 Å². The lowest BCUT2D eigenvalue weighted by atomic mass is 10.1. The number of thioether (sulfide) groups is 1. The third-order valence-corrected chi connectivity index (χ3v) is 4.91. The summed E-state index contributed by atoms with van der Waals surface area (Å²) in [6.07, 6.45) is 3.64. The molecule has 1 aliphatic rings. The Labute approximate surface area is 145 Å². The standard InChI is InChI=1S/C18H19N3O2S/c22-17(9-15-7-4-8-19-10-15)21-13-24-12-16(21)18(23)20-11-14-5-2-1-3-6-14/h1-8,10,16H,9,11-13H2,(H,20,23)/t16-/m0/s1. The number of nitrogens with zero attached hydrogens (tertiary/aromatic N) is 2. The van der Waals surface area contributed by atoms with Crippen molar-refractivity contribution >= 4 is 23.6 Å². The van der Waals surface area contributed by atoms with Gasteiger partial charge in [-0.25, -0.2) is 0 Å². The Hall–Kier alpha value is -2.34. The summed E-state index contributed by atoms with van der Waals surface area (Å²) in [7, 11) is 0. The summed E-state index contributed by atoms with van der Waals surface area (Å²) in [5.41, 5.74) is 1.91. The molecule has 6 heteroatoms. The second-order valence-corrected chi connectivity index (χ2v) is 6.62. The van der Waals surface area contributed by atoms with Gasteiger partial charge in [-0.05, 0) is 17.2 Å². The van der Waals surface area contributed by atoms with Crippen molar-refractivity contribution in [2.24, 2.45) is 0 Å². The third kappa shape index (κ3) is 4.14. The van der Waals surface area contributed by atoms with Crippen molar-refractivity contribution in [2.45, 2.75) is 19.0 Å². The van der Waals surface area contributed by atoms with Crippen molar-refractivity contribution in [1.82, 2.24) is 15.2 Å². The lowest BCUT2D eigenvalue weighted by molar-refractivity contribution is -0.137. The second kappa shape index (κ2) is 7.97. The molecular formula is C18H19N3O2S. The van der Waals surface area contributed by atoms with Crippen LogP contribution in [0.4, 0.5) is 0 Å². The minimum Gasteiger partial charge on any atom is -0.350 e. The minimum absolute atomic E-state index is 0.0344. The predicted molar refractivity (Wildman–Crippen MR) is 94.2 cm³/mol. The van der Waals surface area contributed by atoms with Gasteiger partial charge >= 0.3 is 0 Å². The van der Waals surface area contributed by atoms with Gasteiger partial charge in [-0.1, -0.05) is 36.4 Å². The number of benzene rings is 1. The molecule has 3 rings (SSSR count). The van der Waals surface area contributed by atoms with E-state index in [0.717, 1.165) is 11.1 Å². The van der Waals surface area contributed by atoms with E-state index in [4.69, 9.17) is 0 Å². The Bertz CT molecular complexity index is 694. The average Bonchev–Trinajstić information content (AvgIpc) is 3.11. The molecule has 5 nitrogen and oxygen atoms in total. The van der Waals surface area contributed by atoms with E-state index in [1.54, 1.807) is 29.1 Å². The first-order valence-corrected chi connectivity index (χ1v) is 8.97. The molecule has 1 saturated heterocycles. The van der Waals surface area contributed by atoms with Crippen LogP contribution in [0.25, 0.3) is 0 Å². The third-order valence-electron chi connectivity index (χ3n) is 3.89. The highest BCUT2D eigenvalue weighted by Crippen LogP contribution is 2.22. The molecule has 2 amide bonds. The van der Waals surface area contributed by atoms with Gasteiger partial charge in [0.15, 0.2) is 0 Å². The van der Waals surface area contributed by atoms with E-state index in [2.05, 4.69) is 10.3 Å². The number of nitrogens with one attached hydrogen (secondary N) is 1. The summed E-state index contributed by atoms with van der Waals surface area (Å²) >= 11 is 1.61. The molecule has 0 saturated carbocycles. The maximum absolute atomic E-state index is 12.5. The molecule has 124 valence electrons. The minimum atomic E-state index is -0.400. The summed E-state index contributed by atoms with van der Waals surface area (Å²) in [5.74, 6) is 1.07. The van der Waals surface area contributed by atoms with Crippen molar-refractivity contribution in [3.63, 3.8) is 0 Å². The molecule has 0 bridgehead atoms. The highest BCUT2D eigenvalue weighted by atomic mass is 32.2. The molecule has 1 aromatic heterocycles. The largest absolute Gasteiger partial charge is 0.350 e. The summed E-state index contributed by atoms with van der Waals surface area (Å²) in [6, 6.07) is 13.0. The maximum atomic E-state index is 12.5. The Morgan fingerprint density at radius 1 is 1.17 bits per heavy atom. The van der Waals surface area contributed by atoms with Gasteiger partial charge in [0.1, 0.15) is 6.04 Å². The van der Waals surface area contributed by atoms with Crippen LogP contribution in [-0.4, -0.2) is 39.4 Å². The van der Waals surface area contributed by atoms with Crippen LogP contribution in [0.2, 0.25) is 0 Å². The van der Waals surface area contributed by atoms with Gasteiger partial charge in [-0.15, -0.1) is 11.8 Å². The first-order chi connectivity index (χ1) is 11.7. The van der Waals surface area contributed by atoms with Crippen molar-refractivity contribution in [1.29, 1.82) is 0 Å². The van der Waals surface area contributed by atoms with E-state index in [1.807, 2.05) is 42.5 Å². The molecule has 1 N–H and O–H groups in total. The normalized spacial score (nSPS) is 16.8. The smallest absolute Gasteiger partial charge is 0.243 e. The fraction of sp³-hybridized carbons (Fsp3) is 0.278. The summed E-state index contributed by atoms with van der Waals surface area (Å²) in [5, 5.41) is 2.93. The molecule has 1 aromatic carbocycles. The van der Waals surface area contributed by atoms with Crippen LogP contribution >= 0.6 is 11.8 Å². The highest BCUT2D eigenvalue weighted by Gasteiger charge is 2.34. The highest BCUT2D eigenvalue weighted by molar-refractivity contribution is 7.99. The average molecular weight is 341 g/mol. The maximum Gasteiger partial charge on any atom is 0.243 e. The lowest BCUT2D eigenvalue weighted by Crippen LogP contribution is -2.47. The van der Waals surface area contributed by atoms with Crippen LogP contribution in [0, 0.1) is 0 Å². The summed E-state index contributed by atoms with van der Waals surface area (Å²) < 4.78 is 0. The Morgan fingerprint density at radius 3 is 2.71 bits per heavy atom. The van der Waals surface area contributed by atoms with E-state index in [1.165, 1.54) is 0 Å². The summed E-state index contributed by atoms with van der Waals surface area (Å²) in [4.78, 5) is 30.7. The van der Waals surface area contributed by atoms with E-state index in [9.17, 15) is 9.59 Å². The van der Waals surface area contributed by atoms with Crippen LogP contribution in [-0.2, 0) is 22.6 Å². The van der Waals surface area contributed by atoms with Crippen molar-refractivity contribution < 1.29 is 9.59 Å². The molecule has 1 atom stereocenters. The molecule has 24 heavy (non-hydrogen) atoms. The molecular weight excluding hydrogens is 322 g/mol. The number of hydrogen-bond acceptors (Lipinski definition) is 4. The van der Waals surface area contributed by atoms with E-state index < -0.39 is 6.04 Å². The SMILES string of the molecule is O=C(NCc1ccccc1)[C@@H]1CSCN1C(=O)Cc1cccnc1. The van der Waals surface area contributed by atoms with Crippen LogP contribution in [0.3, 0.4) is 0 Å². The molecule has 1 fully saturated rings. The van der Waals surface area contributed by atoms with Crippen molar-refractivity contribution in [2.75, 3.05) is 11.6 Å². The van der Waals surface area contributed by atoms with E-state index >= 15 is 0 Å². The number of pyridine rings is 1. The van der Waals surface area contributed by atoms with Gasteiger partial charge in [0.25, 0.3) is 0 Å². The first kappa shape index (κ1) is 16.5.